The first-order chi connectivity index (χ1) is 15.1. The van der Waals surface area contributed by atoms with E-state index < -0.39 is 0 Å². The SMILES string of the molecule is C1CCC(C2CC2)NC1.Cc1cn2nc(-c3ccc4c(=O)[nH]ncc4n3)cc(C)c2n1. The maximum Gasteiger partial charge on any atom is 0.273 e. The van der Waals surface area contributed by atoms with Crippen LogP contribution in [0.3, 0.4) is 0 Å². The number of rotatable bonds is 2. The number of aromatic amines is 1. The predicted molar refractivity (Wildman–Crippen MR) is 120 cm³/mol. The standard InChI is InChI=1S/C15H12N6O.C8H15N/c1-8-5-12(20-21-7-9(2)17-14(8)21)11-4-3-10-13(18-11)6-16-19-15(10)22;1-2-6-9-8(3-1)7-4-5-7/h3-7H,1-2H3,(H,19,22);7-9H,1-6H2. The fourth-order valence-electron chi connectivity index (χ4n) is 4.27. The zero-order valence-corrected chi connectivity index (χ0v) is 17.9. The molecule has 8 nitrogen and oxygen atoms in total. The number of H-pyrrole nitrogens is 1. The van der Waals surface area contributed by atoms with Crippen LogP contribution in [0.15, 0.2) is 35.4 Å². The van der Waals surface area contributed by atoms with E-state index in [2.05, 4.69) is 30.6 Å². The second-order valence-corrected chi connectivity index (χ2v) is 8.59. The lowest BCUT2D eigenvalue weighted by Gasteiger charge is -2.22. The molecule has 1 saturated carbocycles. The van der Waals surface area contributed by atoms with Gasteiger partial charge in [0.1, 0.15) is 5.69 Å². The topological polar surface area (TPSA) is 101 Å². The Morgan fingerprint density at radius 3 is 2.71 bits per heavy atom. The van der Waals surface area contributed by atoms with Crippen molar-refractivity contribution in [1.29, 1.82) is 0 Å². The molecule has 0 amide bonds. The number of nitrogens with zero attached hydrogens (tertiary/aromatic N) is 5. The highest BCUT2D eigenvalue weighted by molar-refractivity contribution is 5.79. The summed E-state index contributed by atoms with van der Waals surface area (Å²) >= 11 is 0. The normalized spacial score (nSPS) is 18.7. The number of fused-ring (bicyclic) bond motifs is 2. The lowest BCUT2D eigenvalue weighted by Crippen LogP contribution is -2.35. The van der Waals surface area contributed by atoms with Gasteiger partial charge in [-0.1, -0.05) is 6.42 Å². The van der Waals surface area contributed by atoms with Crippen molar-refractivity contribution >= 4 is 16.6 Å². The van der Waals surface area contributed by atoms with E-state index in [-0.39, 0.29) is 5.56 Å². The van der Waals surface area contributed by atoms with Gasteiger partial charge in [-0.2, -0.15) is 10.2 Å². The van der Waals surface area contributed by atoms with Gasteiger partial charge < -0.3 is 5.32 Å². The Bertz CT molecular complexity index is 1280. The van der Waals surface area contributed by atoms with Gasteiger partial charge in [-0.25, -0.2) is 19.6 Å². The Balaban J connectivity index is 0.000000189. The van der Waals surface area contributed by atoms with Crippen molar-refractivity contribution in [2.45, 2.75) is 52.0 Å². The summed E-state index contributed by atoms with van der Waals surface area (Å²) in [5.41, 5.74) is 4.48. The molecule has 8 heteroatoms. The summed E-state index contributed by atoms with van der Waals surface area (Å²) in [5.74, 6) is 1.07. The number of piperidine rings is 1. The van der Waals surface area contributed by atoms with Gasteiger partial charge in [-0.15, -0.1) is 0 Å². The average molecular weight is 418 g/mol. The highest BCUT2D eigenvalue weighted by atomic mass is 16.1. The van der Waals surface area contributed by atoms with E-state index >= 15 is 0 Å². The third-order valence-electron chi connectivity index (χ3n) is 6.05. The molecule has 5 heterocycles. The maximum atomic E-state index is 11.7. The number of hydrogen-bond acceptors (Lipinski definition) is 6. The van der Waals surface area contributed by atoms with Crippen LogP contribution in [0.4, 0.5) is 0 Å². The van der Waals surface area contributed by atoms with Crippen molar-refractivity contribution < 1.29 is 0 Å². The Hall–Kier alpha value is -3.13. The van der Waals surface area contributed by atoms with Crippen LogP contribution in [0.1, 0.15) is 43.4 Å². The second kappa shape index (κ2) is 8.19. The number of imidazole rings is 1. The molecule has 2 aliphatic rings. The zero-order valence-electron chi connectivity index (χ0n) is 17.9. The van der Waals surface area contributed by atoms with Gasteiger partial charge >= 0.3 is 0 Å². The third kappa shape index (κ3) is 4.20. The maximum absolute atomic E-state index is 11.7. The Morgan fingerprint density at radius 2 is 1.94 bits per heavy atom. The molecule has 4 aromatic rings. The van der Waals surface area contributed by atoms with Crippen LogP contribution in [0.5, 0.6) is 0 Å². The third-order valence-corrected chi connectivity index (χ3v) is 6.05. The Kier molecular flexibility index (Phi) is 5.23. The molecule has 2 fully saturated rings. The molecule has 1 unspecified atom stereocenters. The number of aryl methyl sites for hydroxylation is 2. The summed E-state index contributed by atoms with van der Waals surface area (Å²) in [6.45, 7) is 5.20. The first-order valence-corrected chi connectivity index (χ1v) is 11.0. The fraction of sp³-hybridized carbons (Fsp3) is 0.435. The minimum absolute atomic E-state index is 0.249. The van der Waals surface area contributed by atoms with Gasteiger partial charge in [0, 0.05) is 6.04 Å². The average Bonchev–Trinajstić information content (AvgIpc) is 3.56. The number of hydrogen-bond donors (Lipinski definition) is 2. The Labute approximate surface area is 180 Å². The van der Waals surface area contributed by atoms with Gasteiger partial charge in [-0.3, -0.25) is 4.79 Å². The molecule has 4 aromatic heterocycles. The molecular formula is C23H27N7O. The van der Waals surface area contributed by atoms with Gasteiger partial charge in [0.2, 0.25) is 0 Å². The summed E-state index contributed by atoms with van der Waals surface area (Å²) in [5, 5.41) is 14.8. The lowest BCUT2D eigenvalue weighted by molar-refractivity contribution is 0.368. The molecule has 0 radical (unpaired) electrons. The lowest BCUT2D eigenvalue weighted by atomic mass is 10.0. The summed E-state index contributed by atoms with van der Waals surface area (Å²) in [6, 6.07) is 6.38. The zero-order chi connectivity index (χ0) is 21.4. The quantitative estimate of drug-likeness (QED) is 0.519. The summed E-state index contributed by atoms with van der Waals surface area (Å²) in [7, 11) is 0. The summed E-state index contributed by atoms with van der Waals surface area (Å²) in [6.07, 6.45) is 10.7. The van der Waals surface area contributed by atoms with Gasteiger partial charge in [-0.05, 0) is 75.8 Å². The minimum atomic E-state index is -0.249. The minimum Gasteiger partial charge on any atom is -0.314 e. The molecule has 0 bridgehead atoms. The van der Waals surface area contributed by atoms with E-state index in [1.165, 1.54) is 44.8 Å². The number of aromatic nitrogens is 6. The van der Waals surface area contributed by atoms with E-state index in [0.29, 0.717) is 16.6 Å². The van der Waals surface area contributed by atoms with Gasteiger partial charge in [0.15, 0.2) is 5.65 Å². The fourth-order valence-corrected chi connectivity index (χ4v) is 4.27. The van der Waals surface area contributed by atoms with Crippen molar-refractivity contribution in [3.05, 3.63) is 52.2 Å². The van der Waals surface area contributed by atoms with E-state index in [4.69, 9.17) is 0 Å². The molecule has 0 spiro atoms. The Morgan fingerprint density at radius 1 is 1.06 bits per heavy atom. The van der Waals surface area contributed by atoms with Crippen LogP contribution in [0.2, 0.25) is 0 Å². The molecule has 31 heavy (non-hydrogen) atoms. The molecular weight excluding hydrogens is 390 g/mol. The summed E-state index contributed by atoms with van der Waals surface area (Å²) < 4.78 is 1.75. The molecule has 6 rings (SSSR count). The van der Waals surface area contributed by atoms with Crippen molar-refractivity contribution in [2.75, 3.05) is 6.54 Å². The van der Waals surface area contributed by atoms with Crippen LogP contribution in [0, 0.1) is 19.8 Å². The number of nitrogens with one attached hydrogen (secondary N) is 2. The first-order valence-electron chi connectivity index (χ1n) is 11.0. The molecule has 1 aliphatic heterocycles. The van der Waals surface area contributed by atoms with Crippen LogP contribution < -0.4 is 10.9 Å². The molecule has 2 N–H and O–H groups in total. The summed E-state index contributed by atoms with van der Waals surface area (Å²) in [4.78, 5) is 20.6. The van der Waals surface area contributed by atoms with Crippen LogP contribution in [-0.4, -0.2) is 42.4 Å². The van der Waals surface area contributed by atoms with Crippen molar-refractivity contribution in [3.8, 4) is 11.4 Å². The second-order valence-electron chi connectivity index (χ2n) is 8.59. The first kappa shape index (κ1) is 19.8. The van der Waals surface area contributed by atoms with Crippen molar-refractivity contribution in [1.82, 2.24) is 35.1 Å². The van der Waals surface area contributed by atoms with E-state index in [0.717, 1.165) is 34.6 Å². The smallest absolute Gasteiger partial charge is 0.273 e. The highest BCUT2D eigenvalue weighted by Gasteiger charge is 2.31. The van der Waals surface area contributed by atoms with E-state index in [1.807, 2.05) is 26.1 Å². The monoisotopic (exact) mass is 417 g/mol. The van der Waals surface area contributed by atoms with Crippen LogP contribution in [-0.2, 0) is 0 Å². The molecule has 1 saturated heterocycles. The molecule has 160 valence electrons. The largest absolute Gasteiger partial charge is 0.314 e. The van der Waals surface area contributed by atoms with Crippen molar-refractivity contribution in [3.63, 3.8) is 0 Å². The van der Waals surface area contributed by atoms with E-state index in [9.17, 15) is 4.79 Å². The number of pyridine rings is 1. The van der Waals surface area contributed by atoms with Crippen molar-refractivity contribution in [2.24, 2.45) is 5.92 Å². The van der Waals surface area contributed by atoms with E-state index in [1.54, 1.807) is 16.6 Å². The molecule has 1 aliphatic carbocycles. The highest BCUT2D eigenvalue weighted by Crippen LogP contribution is 2.35. The van der Waals surface area contributed by atoms with Crippen LogP contribution in [0.25, 0.3) is 27.9 Å². The van der Waals surface area contributed by atoms with Gasteiger partial charge in [0.05, 0.1) is 34.7 Å². The van der Waals surface area contributed by atoms with Crippen LogP contribution >= 0.6 is 0 Å². The molecule has 1 atom stereocenters. The molecule has 0 aromatic carbocycles. The van der Waals surface area contributed by atoms with Gasteiger partial charge in [0.25, 0.3) is 5.56 Å². The predicted octanol–water partition coefficient (Wildman–Crippen LogP) is 3.18.